The summed E-state index contributed by atoms with van der Waals surface area (Å²) in [5.74, 6) is -2.15. The number of anilines is 2. The Labute approximate surface area is 72.7 Å². The van der Waals surface area contributed by atoms with Gasteiger partial charge in [-0.05, 0) is 12.1 Å². The lowest BCUT2D eigenvalue weighted by Gasteiger charge is -2.18. The summed E-state index contributed by atoms with van der Waals surface area (Å²) < 4.78 is 25.7. The van der Waals surface area contributed by atoms with E-state index in [1.165, 1.54) is 6.07 Å². The third kappa shape index (κ3) is 1.22. The van der Waals surface area contributed by atoms with Crippen LogP contribution in [0.1, 0.15) is 0 Å². The monoisotopic (exact) mass is 184 g/mol. The molecule has 3 nitrogen and oxygen atoms in total. The smallest absolute Gasteiger partial charge is 0.243 e. The van der Waals surface area contributed by atoms with Gasteiger partial charge in [0, 0.05) is 0 Å². The van der Waals surface area contributed by atoms with E-state index in [1.807, 2.05) is 0 Å². The molecule has 0 radical (unpaired) electrons. The van der Waals surface area contributed by atoms with E-state index in [4.69, 9.17) is 0 Å². The molecule has 1 heterocycles. The van der Waals surface area contributed by atoms with Crippen molar-refractivity contribution >= 4 is 17.3 Å². The Kier molecular flexibility index (Phi) is 1.65. The van der Waals surface area contributed by atoms with Gasteiger partial charge in [0.05, 0.1) is 17.9 Å². The van der Waals surface area contributed by atoms with E-state index in [-0.39, 0.29) is 23.8 Å². The fraction of sp³-hybridized carbons (Fsp3) is 0.125. The Bertz CT molecular complexity index is 379. The third-order valence-corrected chi connectivity index (χ3v) is 1.79. The van der Waals surface area contributed by atoms with Crippen molar-refractivity contribution in [2.24, 2.45) is 0 Å². The van der Waals surface area contributed by atoms with Crippen LogP contribution in [0.4, 0.5) is 20.2 Å². The maximum atomic E-state index is 13.0. The molecular formula is C8H6F2N2O. The molecule has 5 heteroatoms. The molecule has 68 valence electrons. The van der Waals surface area contributed by atoms with Crippen molar-refractivity contribution in [3.63, 3.8) is 0 Å². The van der Waals surface area contributed by atoms with Crippen LogP contribution in [-0.2, 0) is 4.79 Å². The van der Waals surface area contributed by atoms with Crippen molar-refractivity contribution < 1.29 is 13.6 Å². The van der Waals surface area contributed by atoms with Gasteiger partial charge in [0.2, 0.25) is 5.91 Å². The number of carbonyl (C=O) groups excluding carboxylic acids is 1. The quantitative estimate of drug-likeness (QED) is 0.638. The van der Waals surface area contributed by atoms with Crippen LogP contribution < -0.4 is 10.6 Å². The predicted molar refractivity (Wildman–Crippen MR) is 43.5 cm³/mol. The summed E-state index contributed by atoms with van der Waals surface area (Å²) in [6.45, 7) is -0.0344. The van der Waals surface area contributed by atoms with E-state index in [0.29, 0.717) is 0 Å². The van der Waals surface area contributed by atoms with Crippen LogP contribution in [0, 0.1) is 11.6 Å². The Hall–Kier alpha value is -1.65. The van der Waals surface area contributed by atoms with Crippen LogP contribution in [-0.4, -0.2) is 12.5 Å². The Morgan fingerprint density at radius 1 is 1.31 bits per heavy atom. The fourth-order valence-electron chi connectivity index (χ4n) is 1.19. The van der Waals surface area contributed by atoms with Crippen LogP contribution >= 0.6 is 0 Å². The van der Waals surface area contributed by atoms with Gasteiger partial charge in [-0.15, -0.1) is 0 Å². The Morgan fingerprint density at radius 2 is 2.08 bits per heavy atom. The van der Waals surface area contributed by atoms with E-state index in [0.717, 1.165) is 6.07 Å². The molecule has 0 fully saturated rings. The molecule has 0 aliphatic carbocycles. The van der Waals surface area contributed by atoms with Crippen molar-refractivity contribution in [3.8, 4) is 0 Å². The average Bonchev–Trinajstić information content (AvgIpc) is 2.12. The SMILES string of the molecule is O=C1CNc2c(ccc(F)c2F)N1. The van der Waals surface area contributed by atoms with E-state index in [9.17, 15) is 13.6 Å². The first-order valence-corrected chi connectivity index (χ1v) is 3.70. The summed E-state index contributed by atoms with van der Waals surface area (Å²) in [7, 11) is 0. The maximum Gasteiger partial charge on any atom is 0.243 e. The zero-order chi connectivity index (χ0) is 9.42. The number of fused-ring (bicyclic) bond motifs is 1. The maximum absolute atomic E-state index is 13.0. The highest BCUT2D eigenvalue weighted by atomic mass is 19.2. The summed E-state index contributed by atoms with van der Waals surface area (Å²) in [6, 6.07) is 2.29. The highest BCUT2D eigenvalue weighted by Gasteiger charge is 2.19. The lowest BCUT2D eigenvalue weighted by molar-refractivity contribution is -0.114. The molecule has 1 aromatic rings. The zero-order valence-electron chi connectivity index (χ0n) is 6.53. The molecule has 0 atom stereocenters. The number of nitrogens with one attached hydrogen (secondary N) is 2. The predicted octanol–water partition coefficient (Wildman–Crippen LogP) is 1.33. The molecule has 0 saturated heterocycles. The lowest BCUT2D eigenvalue weighted by atomic mass is 10.2. The van der Waals surface area contributed by atoms with E-state index >= 15 is 0 Å². The molecular weight excluding hydrogens is 178 g/mol. The van der Waals surface area contributed by atoms with Gasteiger partial charge in [-0.25, -0.2) is 8.78 Å². The minimum Gasteiger partial charge on any atom is -0.372 e. The minimum atomic E-state index is -0.961. The van der Waals surface area contributed by atoms with Crippen LogP contribution in [0.5, 0.6) is 0 Å². The second-order valence-corrected chi connectivity index (χ2v) is 2.69. The largest absolute Gasteiger partial charge is 0.372 e. The molecule has 0 unspecified atom stereocenters. The molecule has 1 amide bonds. The zero-order valence-corrected chi connectivity index (χ0v) is 6.53. The molecule has 0 bridgehead atoms. The van der Waals surface area contributed by atoms with Gasteiger partial charge in [-0.1, -0.05) is 0 Å². The standard InChI is InChI=1S/C8H6F2N2O/c9-4-1-2-5-8(7(4)10)11-3-6(13)12-5/h1-2,11H,3H2,(H,12,13). The number of hydrogen-bond donors (Lipinski definition) is 2. The molecule has 0 saturated carbocycles. The van der Waals surface area contributed by atoms with Crippen LogP contribution in [0.3, 0.4) is 0 Å². The second kappa shape index (κ2) is 2.69. The molecule has 1 aliphatic heterocycles. The average molecular weight is 184 g/mol. The number of hydrogen-bond acceptors (Lipinski definition) is 2. The summed E-state index contributed by atoms with van der Waals surface area (Å²) in [6.07, 6.45) is 0. The minimum absolute atomic E-state index is 0.0135. The first-order valence-electron chi connectivity index (χ1n) is 3.70. The van der Waals surface area contributed by atoms with Crippen molar-refractivity contribution in [3.05, 3.63) is 23.8 Å². The summed E-state index contributed by atoms with van der Waals surface area (Å²) in [5.41, 5.74) is 0.287. The summed E-state index contributed by atoms with van der Waals surface area (Å²) >= 11 is 0. The van der Waals surface area contributed by atoms with Gasteiger partial charge < -0.3 is 10.6 Å². The van der Waals surface area contributed by atoms with Crippen LogP contribution in [0.2, 0.25) is 0 Å². The molecule has 13 heavy (non-hydrogen) atoms. The number of benzene rings is 1. The van der Waals surface area contributed by atoms with Gasteiger partial charge in [0.1, 0.15) is 0 Å². The van der Waals surface area contributed by atoms with E-state index < -0.39 is 11.6 Å². The third-order valence-electron chi connectivity index (χ3n) is 1.79. The number of amides is 1. The number of rotatable bonds is 0. The highest BCUT2D eigenvalue weighted by molar-refractivity contribution is 6.00. The first-order chi connectivity index (χ1) is 6.18. The summed E-state index contributed by atoms with van der Waals surface area (Å²) in [4.78, 5) is 10.8. The Balaban J connectivity index is 2.53. The van der Waals surface area contributed by atoms with E-state index in [2.05, 4.69) is 10.6 Å². The van der Waals surface area contributed by atoms with Crippen molar-refractivity contribution in [2.45, 2.75) is 0 Å². The highest BCUT2D eigenvalue weighted by Crippen LogP contribution is 2.28. The van der Waals surface area contributed by atoms with Crippen LogP contribution in [0.25, 0.3) is 0 Å². The molecule has 2 N–H and O–H groups in total. The van der Waals surface area contributed by atoms with Gasteiger partial charge in [-0.3, -0.25) is 4.79 Å². The molecule has 0 spiro atoms. The van der Waals surface area contributed by atoms with Gasteiger partial charge >= 0.3 is 0 Å². The Morgan fingerprint density at radius 3 is 2.85 bits per heavy atom. The van der Waals surface area contributed by atoms with E-state index in [1.54, 1.807) is 0 Å². The number of carbonyl (C=O) groups is 1. The molecule has 0 aromatic heterocycles. The fourth-order valence-corrected chi connectivity index (χ4v) is 1.19. The van der Waals surface area contributed by atoms with Gasteiger partial charge in [-0.2, -0.15) is 0 Å². The molecule has 2 rings (SSSR count). The second-order valence-electron chi connectivity index (χ2n) is 2.69. The lowest BCUT2D eigenvalue weighted by Crippen LogP contribution is -2.28. The van der Waals surface area contributed by atoms with Gasteiger partial charge in [0.15, 0.2) is 11.6 Å². The topological polar surface area (TPSA) is 41.1 Å². The number of halogens is 2. The van der Waals surface area contributed by atoms with Crippen molar-refractivity contribution in [1.82, 2.24) is 0 Å². The normalized spacial score (nSPS) is 14.5. The van der Waals surface area contributed by atoms with Crippen LogP contribution in [0.15, 0.2) is 12.1 Å². The summed E-state index contributed by atoms with van der Waals surface area (Å²) in [5, 5.41) is 4.91. The van der Waals surface area contributed by atoms with Crippen molar-refractivity contribution in [1.29, 1.82) is 0 Å². The van der Waals surface area contributed by atoms with Gasteiger partial charge in [0.25, 0.3) is 0 Å². The first kappa shape index (κ1) is 7.97. The molecule has 1 aromatic carbocycles. The molecule has 1 aliphatic rings. The van der Waals surface area contributed by atoms with Crippen molar-refractivity contribution in [2.75, 3.05) is 17.2 Å².